The quantitative estimate of drug-likeness (QED) is 0.349. The Bertz CT molecular complexity index is 1630. The topological polar surface area (TPSA) is 38.9 Å². The van der Waals surface area contributed by atoms with Gasteiger partial charge in [0, 0.05) is 42.8 Å². The Morgan fingerprint density at radius 3 is 2.67 bits per heavy atom. The Labute approximate surface area is 183 Å². The second-order valence-corrected chi connectivity index (χ2v) is 7.29. The van der Waals surface area contributed by atoms with Gasteiger partial charge >= 0.3 is 0 Å². The van der Waals surface area contributed by atoms with Gasteiger partial charge in [0.2, 0.25) is 5.71 Å². The Hall–Kier alpha value is -3.46. The number of hydrogen-bond donors (Lipinski definition) is 0. The number of pyridine rings is 2. The van der Waals surface area contributed by atoms with E-state index in [1.807, 2.05) is 30.3 Å². The lowest BCUT2D eigenvalue weighted by atomic mass is 9.92. The molecule has 0 atom stereocenters. The van der Waals surface area contributed by atoms with Crippen LogP contribution in [0, 0.1) is 0 Å². The third kappa shape index (κ3) is 2.98. The zero-order valence-electron chi connectivity index (χ0n) is 22.1. The molecule has 6 rings (SSSR count). The summed E-state index contributed by atoms with van der Waals surface area (Å²) in [6, 6.07) is 19.6. The second kappa shape index (κ2) is 7.10. The third-order valence-electron chi connectivity index (χ3n) is 5.35. The number of rotatable bonds is 3. The van der Waals surface area contributed by atoms with Crippen molar-refractivity contribution in [3.05, 3.63) is 95.3 Å². The number of aryl methyl sites for hydroxylation is 2. The van der Waals surface area contributed by atoms with Crippen molar-refractivity contribution >= 4 is 22.1 Å². The Morgan fingerprint density at radius 1 is 0.900 bits per heavy atom. The number of para-hydroxylation sites is 1. The van der Waals surface area contributed by atoms with Crippen molar-refractivity contribution in [2.24, 2.45) is 0 Å². The highest BCUT2D eigenvalue weighted by Crippen LogP contribution is 2.35. The number of furan rings is 1. The van der Waals surface area contributed by atoms with Crippen LogP contribution in [-0.2, 0) is 19.1 Å². The average molecular weight is 397 g/mol. The van der Waals surface area contributed by atoms with Crippen LogP contribution in [0.4, 0.5) is 0 Å². The Morgan fingerprint density at radius 2 is 1.77 bits per heavy atom. The maximum absolute atomic E-state index is 8.64. The largest absolute Gasteiger partial charge is 0.437 e. The van der Waals surface area contributed by atoms with Crippen molar-refractivity contribution in [2.75, 3.05) is 0 Å². The summed E-state index contributed by atoms with van der Waals surface area (Å²) in [7, 11) is 0. The third-order valence-corrected chi connectivity index (χ3v) is 5.35. The molecule has 146 valence electrons. The van der Waals surface area contributed by atoms with Crippen LogP contribution in [-0.4, -0.2) is 9.97 Å². The van der Waals surface area contributed by atoms with E-state index in [2.05, 4.69) is 9.97 Å². The molecule has 0 saturated heterocycles. The highest BCUT2D eigenvalue weighted by Gasteiger charge is 2.16. The lowest BCUT2D eigenvalue weighted by Gasteiger charge is -2.15. The van der Waals surface area contributed by atoms with Crippen LogP contribution in [0.2, 0.25) is 0 Å². The molecule has 1 aliphatic rings. The molecule has 0 fully saturated rings. The minimum absolute atomic E-state index is 0.0986. The fourth-order valence-electron chi connectivity index (χ4n) is 3.90. The summed E-state index contributed by atoms with van der Waals surface area (Å²) in [6.07, 6.45) is -3.44. The van der Waals surface area contributed by atoms with E-state index >= 15 is 0 Å². The van der Waals surface area contributed by atoms with Gasteiger partial charge in [-0.05, 0) is 66.5 Å². The molecule has 3 nitrogen and oxygen atoms in total. The van der Waals surface area contributed by atoms with E-state index in [1.165, 1.54) is 6.20 Å². The predicted molar refractivity (Wildman–Crippen MR) is 121 cm³/mol. The zero-order valence-corrected chi connectivity index (χ0v) is 16.1. The summed E-state index contributed by atoms with van der Waals surface area (Å²) in [5.74, 6) is 0. The molecule has 5 aromatic rings. The normalized spacial score (nSPS) is 20.4. The smallest absolute Gasteiger partial charge is 0.227 e. The molecule has 0 N–H and O–H groups in total. The van der Waals surface area contributed by atoms with Gasteiger partial charge in [-0.25, -0.2) is 4.98 Å². The summed E-state index contributed by atoms with van der Waals surface area (Å²) >= 11 is 0. The monoisotopic (exact) mass is 396 g/mol. The highest BCUT2D eigenvalue weighted by molar-refractivity contribution is 6.08. The van der Waals surface area contributed by atoms with Gasteiger partial charge in [-0.1, -0.05) is 42.5 Å². The highest BCUT2D eigenvalue weighted by atomic mass is 16.3. The lowest BCUT2D eigenvalue weighted by molar-refractivity contribution is 0.652. The van der Waals surface area contributed by atoms with Crippen molar-refractivity contribution in [3.63, 3.8) is 0 Å². The van der Waals surface area contributed by atoms with E-state index < -0.39 is 19.1 Å². The summed E-state index contributed by atoms with van der Waals surface area (Å²) in [5, 5.41) is 1.53. The van der Waals surface area contributed by atoms with Gasteiger partial charge in [0.15, 0.2) is 0 Å². The lowest BCUT2D eigenvalue weighted by Crippen LogP contribution is -2.03. The van der Waals surface area contributed by atoms with Crippen molar-refractivity contribution < 1.29 is 12.6 Å². The van der Waals surface area contributed by atoms with Gasteiger partial charge in [0.1, 0.15) is 5.58 Å². The molecule has 3 aromatic heterocycles. The SMILES string of the molecule is [2H]C1([2H])CCC([2H])([2H])c2cc(-c3cccc4c3oc3nc(C([2H])([2H])c5ccccc5)ccc34)ncc21. The average Bonchev–Trinajstić information content (AvgIpc) is 3.25. The van der Waals surface area contributed by atoms with Gasteiger partial charge in [0.05, 0.1) is 5.69 Å². The molecule has 1 aliphatic carbocycles. The minimum Gasteiger partial charge on any atom is -0.437 e. The summed E-state index contributed by atoms with van der Waals surface area (Å²) in [5.41, 5.74) is 3.29. The van der Waals surface area contributed by atoms with Crippen LogP contribution in [0.25, 0.3) is 33.3 Å². The van der Waals surface area contributed by atoms with Crippen LogP contribution < -0.4 is 0 Å². The van der Waals surface area contributed by atoms with Crippen molar-refractivity contribution in [2.45, 2.75) is 32.0 Å². The van der Waals surface area contributed by atoms with Crippen molar-refractivity contribution in [3.8, 4) is 11.3 Å². The second-order valence-electron chi connectivity index (χ2n) is 7.29. The summed E-state index contributed by atoms with van der Waals surface area (Å²) < 4.78 is 56.9. The Balaban J connectivity index is 1.51. The van der Waals surface area contributed by atoms with Crippen molar-refractivity contribution in [1.82, 2.24) is 9.97 Å². The van der Waals surface area contributed by atoms with Gasteiger partial charge in [-0.2, -0.15) is 0 Å². The molecule has 0 amide bonds. The predicted octanol–water partition coefficient (Wildman–Crippen LogP) is 6.51. The number of benzene rings is 2. The standard InChI is InChI=1S/C27H22N2O/c1-2-7-18(8-3-1)15-21-13-14-23-22-11-6-12-24(26(22)30-27(23)29-21)25-16-19-9-4-5-10-20(19)17-28-25/h1-3,6-8,11-14,16-17H,4-5,9-10,15H2/i9D2,10D2,15D2. The number of nitrogens with zero attached hydrogens (tertiary/aromatic N) is 2. The fourth-order valence-corrected chi connectivity index (χ4v) is 3.90. The maximum atomic E-state index is 8.64. The maximum Gasteiger partial charge on any atom is 0.227 e. The molecule has 0 aliphatic heterocycles. The van der Waals surface area contributed by atoms with Crippen LogP contribution in [0.3, 0.4) is 0 Å². The molecule has 0 bridgehead atoms. The first-order valence-corrected chi connectivity index (χ1v) is 9.98. The van der Waals surface area contributed by atoms with Crippen LogP contribution in [0.1, 0.15) is 43.5 Å². The zero-order chi connectivity index (χ0) is 25.3. The molecular weight excluding hydrogens is 368 g/mol. The fraction of sp³-hybridized carbons (Fsp3) is 0.185. The van der Waals surface area contributed by atoms with E-state index in [0.29, 0.717) is 33.7 Å². The molecule has 0 spiro atoms. The summed E-state index contributed by atoms with van der Waals surface area (Å²) in [4.78, 5) is 9.03. The minimum atomic E-state index is -1.80. The number of hydrogen-bond acceptors (Lipinski definition) is 3. The van der Waals surface area contributed by atoms with Gasteiger partial charge in [0.25, 0.3) is 0 Å². The Kier molecular flexibility index (Phi) is 2.91. The molecule has 0 radical (unpaired) electrons. The molecular formula is C27H22N2O. The number of fused-ring (bicyclic) bond motifs is 4. The van der Waals surface area contributed by atoms with Crippen LogP contribution in [0.15, 0.2) is 77.3 Å². The molecule has 2 aromatic carbocycles. The molecule has 3 heteroatoms. The van der Waals surface area contributed by atoms with E-state index in [9.17, 15) is 0 Å². The molecule has 0 saturated carbocycles. The first-order chi connectivity index (χ1) is 17.1. The summed E-state index contributed by atoms with van der Waals surface area (Å²) in [6.45, 7) is 0. The molecule has 3 heterocycles. The van der Waals surface area contributed by atoms with E-state index in [4.69, 9.17) is 12.6 Å². The van der Waals surface area contributed by atoms with E-state index in [0.717, 1.165) is 10.8 Å². The van der Waals surface area contributed by atoms with Gasteiger partial charge < -0.3 is 4.42 Å². The van der Waals surface area contributed by atoms with E-state index in [1.54, 1.807) is 36.4 Å². The first kappa shape index (κ1) is 12.3. The first-order valence-electron chi connectivity index (χ1n) is 13.0. The van der Waals surface area contributed by atoms with Gasteiger partial charge in [-0.3, -0.25) is 4.98 Å². The van der Waals surface area contributed by atoms with Crippen LogP contribution >= 0.6 is 0 Å². The molecule has 30 heavy (non-hydrogen) atoms. The van der Waals surface area contributed by atoms with Gasteiger partial charge in [-0.15, -0.1) is 0 Å². The number of aromatic nitrogens is 2. The van der Waals surface area contributed by atoms with Crippen LogP contribution in [0.5, 0.6) is 0 Å². The molecule has 0 unspecified atom stereocenters. The van der Waals surface area contributed by atoms with Crippen molar-refractivity contribution in [1.29, 1.82) is 0 Å². The van der Waals surface area contributed by atoms with E-state index in [-0.39, 0.29) is 24.1 Å².